The van der Waals surface area contributed by atoms with Gasteiger partial charge in [0.25, 0.3) is 0 Å². The van der Waals surface area contributed by atoms with Crippen molar-refractivity contribution in [2.24, 2.45) is 11.8 Å². The number of rotatable bonds is 5. The molecule has 1 fully saturated rings. The van der Waals surface area contributed by atoms with E-state index in [1.807, 2.05) is 6.08 Å². The average molecular weight is 432 g/mol. The van der Waals surface area contributed by atoms with Crippen molar-refractivity contribution in [1.29, 1.82) is 0 Å². The second-order valence-electron chi connectivity index (χ2n) is 7.57. The number of alkyl halides is 2. The molecule has 0 N–H and O–H groups in total. The number of allylic oxidation sites excluding steroid dienone is 1. The van der Waals surface area contributed by atoms with Crippen molar-refractivity contribution in [3.63, 3.8) is 0 Å². The van der Waals surface area contributed by atoms with E-state index >= 15 is 0 Å². The Hall–Kier alpha value is -2.51. The first-order chi connectivity index (χ1) is 14.1. The molecular formula is C22H19F7O. The van der Waals surface area contributed by atoms with Crippen LogP contribution in [-0.4, -0.2) is 0 Å². The lowest BCUT2D eigenvalue weighted by atomic mass is 9.83. The smallest absolute Gasteiger partial charge is 0.423 e. The highest BCUT2D eigenvalue weighted by Gasteiger charge is 2.38. The molecule has 30 heavy (non-hydrogen) atoms. The number of ether oxygens (including phenoxy) is 1. The quantitative estimate of drug-likeness (QED) is 0.355. The van der Waals surface area contributed by atoms with Crippen LogP contribution in [0.15, 0.2) is 30.3 Å². The average Bonchev–Trinajstić information content (AvgIpc) is 2.68. The lowest BCUT2D eigenvalue weighted by Gasteiger charge is -2.23. The van der Waals surface area contributed by atoms with E-state index in [-0.39, 0.29) is 23.6 Å². The van der Waals surface area contributed by atoms with Gasteiger partial charge in [-0.05, 0) is 54.5 Å². The maximum Gasteiger partial charge on any atom is 0.427 e. The molecule has 0 atom stereocenters. The minimum Gasteiger partial charge on any atom is -0.423 e. The molecule has 2 aromatic carbocycles. The van der Waals surface area contributed by atoms with Gasteiger partial charge >= 0.3 is 6.11 Å². The fourth-order valence-corrected chi connectivity index (χ4v) is 3.41. The van der Waals surface area contributed by atoms with Crippen LogP contribution < -0.4 is 4.74 Å². The Morgan fingerprint density at radius 2 is 1.37 bits per heavy atom. The third-order valence-corrected chi connectivity index (χ3v) is 5.19. The van der Waals surface area contributed by atoms with Crippen LogP contribution in [0.1, 0.15) is 43.7 Å². The van der Waals surface area contributed by atoms with Crippen molar-refractivity contribution in [3.8, 4) is 5.75 Å². The first kappa shape index (κ1) is 22.2. The van der Waals surface area contributed by atoms with E-state index in [9.17, 15) is 30.7 Å². The topological polar surface area (TPSA) is 9.23 Å². The van der Waals surface area contributed by atoms with E-state index < -0.39 is 46.5 Å². The summed E-state index contributed by atoms with van der Waals surface area (Å²) in [6, 6.07) is 1.64. The van der Waals surface area contributed by atoms with Crippen molar-refractivity contribution < 1.29 is 35.5 Å². The largest absolute Gasteiger partial charge is 0.427 e. The summed E-state index contributed by atoms with van der Waals surface area (Å²) in [5, 5.41) is 0. The number of halogens is 7. The maximum atomic E-state index is 14.3. The minimum absolute atomic E-state index is 0.00361. The van der Waals surface area contributed by atoms with Gasteiger partial charge in [-0.3, -0.25) is 0 Å². The molecular weight excluding hydrogens is 413 g/mol. The van der Waals surface area contributed by atoms with Crippen molar-refractivity contribution in [1.82, 2.24) is 0 Å². The van der Waals surface area contributed by atoms with Gasteiger partial charge in [0.05, 0.1) is 5.56 Å². The summed E-state index contributed by atoms with van der Waals surface area (Å²) in [7, 11) is 0. The predicted molar refractivity (Wildman–Crippen MR) is 97.4 cm³/mol. The molecule has 0 aliphatic heterocycles. The van der Waals surface area contributed by atoms with E-state index in [4.69, 9.17) is 0 Å². The Kier molecular flexibility index (Phi) is 6.43. The Morgan fingerprint density at radius 1 is 0.833 bits per heavy atom. The minimum atomic E-state index is -4.51. The molecule has 1 nitrogen and oxygen atoms in total. The van der Waals surface area contributed by atoms with Crippen LogP contribution in [0.3, 0.4) is 0 Å². The van der Waals surface area contributed by atoms with Crippen LogP contribution in [-0.2, 0) is 6.11 Å². The molecule has 0 saturated heterocycles. The van der Waals surface area contributed by atoms with Crippen LogP contribution in [0, 0.1) is 40.9 Å². The van der Waals surface area contributed by atoms with Gasteiger partial charge in [-0.1, -0.05) is 31.9 Å². The van der Waals surface area contributed by atoms with E-state index in [2.05, 4.69) is 11.7 Å². The van der Waals surface area contributed by atoms with Gasteiger partial charge in [0.1, 0.15) is 0 Å². The number of hydrogen-bond donors (Lipinski definition) is 0. The first-order valence-corrected chi connectivity index (χ1v) is 9.46. The fourth-order valence-electron chi connectivity index (χ4n) is 3.41. The van der Waals surface area contributed by atoms with Crippen molar-refractivity contribution in [2.75, 3.05) is 0 Å². The third kappa shape index (κ3) is 4.96. The lowest BCUT2D eigenvalue weighted by Crippen LogP contribution is -2.24. The molecule has 1 saturated carbocycles. The molecule has 0 heterocycles. The summed E-state index contributed by atoms with van der Waals surface area (Å²) < 4.78 is 100. The van der Waals surface area contributed by atoms with Crippen molar-refractivity contribution in [3.05, 3.63) is 70.6 Å². The van der Waals surface area contributed by atoms with Gasteiger partial charge in [-0.2, -0.15) is 8.78 Å². The zero-order valence-electron chi connectivity index (χ0n) is 16.0. The first-order valence-electron chi connectivity index (χ1n) is 9.46. The SMILES string of the molecule is CC1CCC(/C=C/c2cc(F)c(OC(F)(F)c3cc(F)c(F)c(F)c3)c(F)c2)CC1. The van der Waals surface area contributed by atoms with Gasteiger partial charge in [0, 0.05) is 0 Å². The van der Waals surface area contributed by atoms with E-state index in [0.29, 0.717) is 5.92 Å². The molecule has 0 radical (unpaired) electrons. The molecule has 162 valence electrons. The molecule has 2 aromatic rings. The Labute approximate surface area is 169 Å². The van der Waals surface area contributed by atoms with Crippen LogP contribution in [0.25, 0.3) is 6.08 Å². The van der Waals surface area contributed by atoms with Gasteiger partial charge < -0.3 is 4.74 Å². The van der Waals surface area contributed by atoms with Crippen molar-refractivity contribution >= 4 is 6.08 Å². The highest BCUT2D eigenvalue weighted by molar-refractivity contribution is 5.52. The molecule has 1 aliphatic rings. The molecule has 8 heteroatoms. The summed E-state index contributed by atoms with van der Waals surface area (Å²) in [5.74, 6) is -9.02. The number of hydrogen-bond acceptors (Lipinski definition) is 1. The molecule has 1 aliphatic carbocycles. The normalized spacial score (nSPS) is 20.0. The van der Waals surface area contributed by atoms with Gasteiger partial charge in [0.15, 0.2) is 34.8 Å². The highest BCUT2D eigenvalue weighted by atomic mass is 19.3. The predicted octanol–water partition coefficient (Wildman–Crippen LogP) is 7.35. The molecule has 3 rings (SSSR count). The Morgan fingerprint density at radius 3 is 1.90 bits per heavy atom. The van der Waals surface area contributed by atoms with Gasteiger partial charge in [0.2, 0.25) is 0 Å². The van der Waals surface area contributed by atoms with Crippen molar-refractivity contribution in [2.45, 2.75) is 38.7 Å². The summed E-state index contributed by atoms with van der Waals surface area (Å²) in [4.78, 5) is 0. The van der Waals surface area contributed by atoms with E-state index in [0.717, 1.165) is 37.8 Å². The molecule has 0 spiro atoms. The molecule has 0 bridgehead atoms. The van der Waals surface area contributed by atoms with E-state index in [1.54, 1.807) is 0 Å². The second-order valence-corrected chi connectivity index (χ2v) is 7.57. The standard InChI is InChI=1S/C22H19F7O/c1-12-2-4-13(5-3-12)6-7-14-8-18(25)21(19(26)9-14)30-22(28,29)15-10-16(23)20(27)17(24)11-15/h6-13H,2-5H2,1H3/b7-6+. The molecule has 0 aromatic heterocycles. The summed E-state index contributed by atoms with van der Waals surface area (Å²) in [6.45, 7) is 2.16. The van der Waals surface area contributed by atoms with Crippen LogP contribution in [0.5, 0.6) is 5.75 Å². The maximum absolute atomic E-state index is 14.3. The molecule has 0 unspecified atom stereocenters. The molecule has 0 amide bonds. The summed E-state index contributed by atoms with van der Waals surface area (Å²) in [5.41, 5.74) is -1.30. The highest BCUT2D eigenvalue weighted by Crippen LogP contribution is 2.36. The summed E-state index contributed by atoms with van der Waals surface area (Å²) in [6.07, 6.45) is 2.88. The van der Waals surface area contributed by atoms with E-state index in [1.165, 1.54) is 6.08 Å². The number of benzene rings is 2. The fraction of sp³-hybridized carbons (Fsp3) is 0.364. The van der Waals surface area contributed by atoms with Gasteiger partial charge in [-0.15, -0.1) is 0 Å². The van der Waals surface area contributed by atoms with Crippen LogP contribution in [0.4, 0.5) is 30.7 Å². The zero-order chi connectivity index (χ0) is 22.1. The van der Waals surface area contributed by atoms with Gasteiger partial charge in [-0.25, -0.2) is 22.0 Å². The zero-order valence-corrected chi connectivity index (χ0v) is 16.0. The second kappa shape index (κ2) is 8.70. The Bertz CT molecular complexity index is 900. The van der Waals surface area contributed by atoms with Crippen LogP contribution >= 0.6 is 0 Å². The monoisotopic (exact) mass is 432 g/mol. The Balaban J connectivity index is 1.80. The summed E-state index contributed by atoms with van der Waals surface area (Å²) >= 11 is 0. The third-order valence-electron chi connectivity index (χ3n) is 5.19. The lowest BCUT2D eigenvalue weighted by molar-refractivity contribution is -0.188. The van der Waals surface area contributed by atoms with Crippen LogP contribution in [0.2, 0.25) is 0 Å².